The molecule has 0 amide bonds. The zero-order chi connectivity index (χ0) is 59.9. The number of methoxy groups -OCH3 is 2. The van der Waals surface area contributed by atoms with Gasteiger partial charge >= 0.3 is 11.9 Å². The van der Waals surface area contributed by atoms with Crippen molar-refractivity contribution in [2.24, 2.45) is 40.9 Å². The van der Waals surface area contributed by atoms with Gasteiger partial charge in [0, 0.05) is 56.5 Å². The summed E-state index contributed by atoms with van der Waals surface area (Å²) in [6.45, 7) is 2.92. The first kappa shape index (κ1) is 58.1. The number of aromatic hydroxyl groups is 3. The lowest BCUT2D eigenvalue weighted by molar-refractivity contribution is -0.181. The normalized spacial score (nSPS) is 31.6. The van der Waals surface area contributed by atoms with Crippen molar-refractivity contribution < 1.29 is 58.8 Å². The lowest BCUT2D eigenvalue weighted by atomic mass is 9.38. The highest BCUT2D eigenvalue weighted by Gasteiger charge is 2.68. The maximum atomic E-state index is 16.9. The van der Waals surface area contributed by atoms with Crippen molar-refractivity contribution in [2.45, 2.75) is 119 Å². The van der Waals surface area contributed by atoms with Crippen molar-refractivity contribution in [3.63, 3.8) is 0 Å². The fourth-order valence-corrected chi connectivity index (χ4v) is 20.0. The number of phenols is 3. The molecule has 0 unspecified atom stereocenters. The number of aliphatic hydroxyl groups excluding tert-OH is 2. The molecule has 14 atom stereocenters. The number of carbonyl (C=O) groups excluding carboxylic acids is 2. The number of aliphatic hydroxyl groups is 2. The van der Waals surface area contributed by atoms with Gasteiger partial charge in [0.2, 0.25) is 0 Å². The Morgan fingerprint density at radius 1 is 0.839 bits per heavy atom. The number of allylic oxidation sites excluding steroid dienone is 1. The van der Waals surface area contributed by atoms with E-state index in [4.69, 9.17) is 23.7 Å². The average molecular weight is 1210 g/mol. The lowest BCUT2D eigenvalue weighted by Crippen LogP contribution is -2.64. The van der Waals surface area contributed by atoms with Crippen LogP contribution in [0.15, 0.2) is 109 Å². The Kier molecular flexibility index (Phi) is 15.6. The third kappa shape index (κ3) is 10.4. The van der Waals surface area contributed by atoms with Gasteiger partial charge < -0.3 is 54.5 Å². The standard InChI is InChI=1S/C72H75NO12S2/c1-39(74)84-65-28-53-27-58-56-30-67(63(77)23-48(56)21-59-62(76)31-60-57-29-64(78)66(82-3)24-49(57)22-61(65)72(60,69(58)59)51-16-13-44-8-4-5-9-45(44)19-51)83-37-68(79)87-86-38-43-17-40-11-12-42(36-81-2)35-73-34-41-7-6-10-46(18-41)55-26-52(75)20-47-14-15-50(25-54(47)55)71(32-40,33-43)70(80)85-53/h4-10,14-15,18-20,23-26,29-30,40,42-43,53,58-62,65,68-69,73,75-79H,13,16-17,21-22,27-28,31-38H2,1-3H3/t40-,42-,43+,53+,58+,59-,60+,61-,62+,65-,68-,69-,71-,72-/m1/s1. The van der Waals surface area contributed by atoms with Crippen LogP contribution >= 0.6 is 21.6 Å². The maximum absolute atomic E-state index is 16.9. The fourth-order valence-electron chi connectivity index (χ4n) is 17.7. The van der Waals surface area contributed by atoms with Gasteiger partial charge in [-0.3, -0.25) is 9.59 Å². The van der Waals surface area contributed by atoms with Crippen LogP contribution in [-0.4, -0.2) is 101 Å². The van der Waals surface area contributed by atoms with Crippen LogP contribution in [-0.2, 0) is 55.0 Å². The Balaban J connectivity index is 0.998. The number of aryl methyl sites for hydroxylation is 1. The van der Waals surface area contributed by atoms with Gasteiger partial charge in [0.15, 0.2) is 23.0 Å². The van der Waals surface area contributed by atoms with Crippen LogP contribution in [0.5, 0.6) is 28.7 Å². The number of fused-ring (bicyclic) bond motifs is 11. The minimum Gasteiger partial charge on any atom is -0.508 e. The van der Waals surface area contributed by atoms with E-state index in [9.17, 15) is 30.3 Å². The minimum atomic E-state index is -1.27. The van der Waals surface area contributed by atoms with E-state index in [1.165, 1.54) is 46.8 Å². The van der Waals surface area contributed by atoms with Crippen molar-refractivity contribution in [1.82, 2.24) is 5.32 Å². The van der Waals surface area contributed by atoms with Gasteiger partial charge in [-0.15, -0.1) is 0 Å². The molecule has 14 rings (SSSR count). The number of hydrogen-bond donors (Lipinski definition) is 6. The summed E-state index contributed by atoms with van der Waals surface area (Å²) in [4.78, 5) is 31.0. The molecule has 6 aromatic rings. The maximum Gasteiger partial charge on any atom is 0.316 e. The summed E-state index contributed by atoms with van der Waals surface area (Å²) in [7, 11) is 6.05. The first-order valence-corrected chi connectivity index (χ1v) is 33.3. The van der Waals surface area contributed by atoms with E-state index in [2.05, 4.69) is 71.8 Å². The van der Waals surface area contributed by atoms with Gasteiger partial charge in [-0.2, -0.15) is 0 Å². The molecular weight excluding hydrogens is 1130 g/mol. The van der Waals surface area contributed by atoms with E-state index >= 15 is 4.79 Å². The van der Waals surface area contributed by atoms with Crippen LogP contribution in [0.3, 0.4) is 0 Å². The number of carbonyl (C=O) groups is 2. The predicted molar refractivity (Wildman–Crippen MR) is 337 cm³/mol. The first-order chi connectivity index (χ1) is 42.2. The molecule has 1 spiro atoms. The quantitative estimate of drug-likeness (QED) is 0.0542. The molecule has 0 radical (unpaired) electrons. The van der Waals surface area contributed by atoms with Crippen molar-refractivity contribution in [3.8, 4) is 51.7 Å². The summed E-state index contributed by atoms with van der Waals surface area (Å²) < 4.78 is 32.4. The Hall–Kier alpha value is -6.64. The van der Waals surface area contributed by atoms with E-state index in [1.54, 1.807) is 25.3 Å². The molecule has 452 valence electrons. The van der Waals surface area contributed by atoms with E-state index < -0.39 is 58.4 Å². The minimum absolute atomic E-state index is 0.00682. The smallest absolute Gasteiger partial charge is 0.316 e. The van der Waals surface area contributed by atoms with Crippen LogP contribution in [0.4, 0.5) is 0 Å². The highest BCUT2D eigenvalue weighted by Crippen LogP contribution is 2.72. The molecule has 0 saturated heterocycles. The molecule has 8 aliphatic rings. The Morgan fingerprint density at radius 2 is 1.70 bits per heavy atom. The Labute approximate surface area is 516 Å². The van der Waals surface area contributed by atoms with Crippen molar-refractivity contribution in [3.05, 3.63) is 153 Å². The Morgan fingerprint density at radius 3 is 2.55 bits per heavy atom. The summed E-state index contributed by atoms with van der Waals surface area (Å²) in [5.74, 6) is 5.22. The lowest BCUT2D eigenvalue weighted by Gasteiger charge is -2.66. The van der Waals surface area contributed by atoms with Crippen LogP contribution in [0.25, 0.3) is 28.0 Å². The largest absolute Gasteiger partial charge is 0.508 e. The zero-order valence-electron chi connectivity index (χ0n) is 49.3. The van der Waals surface area contributed by atoms with Crippen LogP contribution in [0.1, 0.15) is 108 Å². The van der Waals surface area contributed by atoms with Crippen molar-refractivity contribution in [2.75, 3.05) is 39.7 Å². The number of esters is 2. The summed E-state index contributed by atoms with van der Waals surface area (Å²) in [6.07, 6.45) is 4.47. The molecule has 2 aliphatic heterocycles. The first-order valence-electron chi connectivity index (χ1n) is 31.0. The fraction of sp³-hybridized carbons (Fsp3) is 0.444. The van der Waals surface area contributed by atoms with Gasteiger partial charge in [0.05, 0.1) is 31.2 Å². The number of benzene rings is 6. The van der Waals surface area contributed by atoms with Gasteiger partial charge in [0.1, 0.15) is 30.0 Å². The SMILES string of the molecule is COC[C@@H]1C#C[C@@H]2C[C@@H]3CSS[C@@H](O)COc4cc5c(cc4O)C[C@H]4[C@H]6[C@H]5C[C@@H](C[C@@H](OC(C)=O)[C@H]5Cc7cc(OC)c(O)cc7[C@H](C[C@@H]4O)[C@@]65C4=Cc5ccccc5CC4)OC(=O)[C@](C2)(C3)c2ccc3cc(O)cc(c3c2)-c2cccc(c2)CNC1. The second-order valence-corrected chi connectivity index (χ2v) is 28.6. The molecule has 15 heteroatoms. The topological polar surface area (TPSA) is 193 Å². The van der Waals surface area contributed by atoms with Crippen LogP contribution in [0, 0.1) is 52.8 Å². The molecule has 2 heterocycles. The van der Waals surface area contributed by atoms with Crippen molar-refractivity contribution >= 4 is 50.4 Å². The summed E-state index contributed by atoms with van der Waals surface area (Å²) >= 11 is 0. The number of hydrogen-bond acceptors (Lipinski definition) is 15. The van der Waals surface area contributed by atoms with Gasteiger partial charge in [0.25, 0.3) is 0 Å². The predicted octanol–water partition coefficient (Wildman–Crippen LogP) is 11.7. The highest BCUT2D eigenvalue weighted by molar-refractivity contribution is 8.76. The molecule has 6 aromatic carbocycles. The zero-order valence-corrected chi connectivity index (χ0v) is 51.0. The highest BCUT2D eigenvalue weighted by atomic mass is 33.1. The molecule has 6 aliphatic carbocycles. The third-order valence-corrected chi connectivity index (χ3v) is 23.6. The van der Waals surface area contributed by atoms with Crippen LogP contribution < -0.4 is 14.8 Å². The summed E-state index contributed by atoms with van der Waals surface area (Å²) in [5.41, 5.74) is 7.73. The number of nitrogens with one attached hydrogen (secondary N) is 1. The van der Waals surface area contributed by atoms with Crippen LogP contribution in [0.2, 0.25) is 0 Å². The summed E-state index contributed by atoms with van der Waals surface area (Å²) in [6, 6.07) is 34.0. The molecule has 13 nitrogen and oxygen atoms in total. The number of rotatable bonds is 5. The molecule has 3 saturated carbocycles. The van der Waals surface area contributed by atoms with Gasteiger partial charge in [-0.25, -0.2) is 0 Å². The average Bonchev–Trinajstić information content (AvgIpc) is 0.690. The van der Waals surface area contributed by atoms with Gasteiger partial charge in [-0.05, 0) is 202 Å². The third-order valence-electron chi connectivity index (χ3n) is 21.0. The Bertz CT molecular complexity index is 3800. The number of ether oxygens (including phenoxy) is 5. The van der Waals surface area contributed by atoms with Crippen molar-refractivity contribution in [1.29, 1.82) is 0 Å². The second kappa shape index (κ2) is 23.4. The molecular formula is C72H75NO12S2. The molecule has 0 aromatic heterocycles. The van der Waals surface area contributed by atoms with E-state index in [1.807, 2.05) is 36.4 Å². The molecule has 6 N–H and O–H groups in total. The van der Waals surface area contributed by atoms with E-state index in [0.29, 0.717) is 76.1 Å². The van der Waals surface area contributed by atoms with E-state index in [0.717, 1.165) is 67.3 Å². The monoisotopic (exact) mass is 1210 g/mol. The second-order valence-electron chi connectivity index (χ2n) is 26.0. The van der Waals surface area contributed by atoms with Gasteiger partial charge in [-0.1, -0.05) is 99.7 Å². The molecule has 87 heavy (non-hydrogen) atoms. The molecule has 11 bridgehead atoms. The summed E-state index contributed by atoms with van der Waals surface area (Å²) in [5, 5.41) is 65.2. The van der Waals surface area contributed by atoms with E-state index in [-0.39, 0.29) is 78.0 Å². The molecule has 3 fully saturated rings. The number of phenolic OH excluding ortho intramolecular Hbond substituents is 3.